The molecule has 1 fully saturated rings. The zero-order valence-corrected chi connectivity index (χ0v) is 6.20. The molecule has 0 aromatic rings. The Kier molecular flexibility index (Phi) is 2.06. The molecular weight excluding hydrogens is 132 g/mol. The lowest BCUT2D eigenvalue weighted by Gasteiger charge is -2.27. The molecule has 0 spiro atoms. The summed E-state index contributed by atoms with van der Waals surface area (Å²) in [6.45, 7) is 3.48. The van der Waals surface area contributed by atoms with Gasteiger partial charge in [-0.1, -0.05) is 6.92 Å². The molecule has 58 valence electrons. The van der Waals surface area contributed by atoms with Crippen LogP contribution in [-0.4, -0.2) is 23.3 Å². The van der Waals surface area contributed by atoms with Crippen molar-refractivity contribution in [1.82, 2.24) is 0 Å². The molecule has 1 aliphatic rings. The largest absolute Gasteiger partial charge is 0.368 e. The Morgan fingerprint density at radius 2 is 2.20 bits per heavy atom. The third kappa shape index (κ3) is 1.36. The van der Waals surface area contributed by atoms with Crippen LogP contribution >= 0.6 is 0 Å². The Morgan fingerprint density at radius 1 is 1.60 bits per heavy atom. The second kappa shape index (κ2) is 2.68. The van der Waals surface area contributed by atoms with E-state index in [2.05, 4.69) is 0 Å². The molecule has 0 radical (unpaired) electrons. The quantitative estimate of drug-likeness (QED) is 0.532. The lowest BCUT2D eigenvalue weighted by molar-refractivity contribution is -0.180. The van der Waals surface area contributed by atoms with E-state index in [1.807, 2.05) is 6.92 Å². The second-order valence-electron chi connectivity index (χ2n) is 2.77. The van der Waals surface area contributed by atoms with Crippen molar-refractivity contribution in [2.24, 2.45) is 5.92 Å². The molecule has 3 heteroatoms. The summed E-state index contributed by atoms with van der Waals surface area (Å²) in [6.07, 6.45) is -0.746. The van der Waals surface area contributed by atoms with Gasteiger partial charge in [0.25, 0.3) is 0 Å². The molecule has 10 heavy (non-hydrogen) atoms. The van der Waals surface area contributed by atoms with E-state index >= 15 is 0 Å². The first-order chi connectivity index (χ1) is 4.61. The van der Waals surface area contributed by atoms with E-state index in [4.69, 9.17) is 9.84 Å². The van der Waals surface area contributed by atoms with Crippen LogP contribution in [0.25, 0.3) is 0 Å². The lowest BCUT2D eigenvalue weighted by Crippen LogP contribution is -2.38. The van der Waals surface area contributed by atoms with Gasteiger partial charge in [-0.3, -0.25) is 4.79 Å². The summed E-state index contributed by atoms with van der Waals surface area (Å²) < 4.78 is 4.87. The monoisotopic (exact) mass is 144 g/mol. The maximum absolute atomic E-state index is 11.0. The molecule has 0 bridgehead atoms. The van der Waals surface area contributed by atoms with E-state index in [9.17, 15) is 4.79 Å². The van der Waals surface area contributed by atoms with Crippen LogP contribution in [0, 0.1) is 5.92 Å². The van der Waals surface area contributed by atoms with Crippen molar-refractivity contribution in [3.05, 3.63) is 0 Å². The fraction of sp³-hybridized carbons (Fsp3) is 0.857. The van der Waals surface area contributed by atoms with Crippen LogP contribution in [0.3, 0.4) is 0 Å². The average molecular weight is 144 g/mol. The van der Waals surface area contributed by atoms with Gasteiger partial charge in [0.05, 0.1) is 0 Å². The minimum Gasteiger partial charge on any atom is -0.368 e. The standard InChI is InChI=1S/C7H12O3/c1-4-3-6(8)10-5(2)7(4)9/h4-6,8H,3H2,1-2H3. The number of Topliss-reactive ketones (excluding diaryl/α,β-unsaturated/α-hetero) is 1. The number of aliphatic hydroxyl groups excluding tert-OH is 1. The van der Waals surface area contributed by atoms with Gasteiger partial charge in [0.15, 0.2) is 12.1 Å². The van der Waals surface area contributed by atoms with Crippen LogP contribution in [-0.2, 0) is 9.53 Å². The number of aliphatic hydroxyl groups is 1. The highest BCUT2D eigenvalue weighted by molar-refractivity contribution is 5.85. The number of hydrogen-bond acceptors (Lipinski definition) is 3. The summed E-state index contributed by atoms with van der Waals surface area (Å²) in [5, 5.41) is 8.99. The predicted octanol–water partition coefficient (Wildman–Crippen LogP) is 0.319. The van der Waals surface area contributed by atoms with E-state index in [1.54, 1.807) is 6.92 Å². The zero-order chi connectivity index (χ0) is 7.72. The molecule has 0 amide bonds. The van der Waals surface area contributed by atoms with Crippen molar-refractivity contribution in [2.75, 3.05) is 0 Å². The fourth-order valence-electron chi connectivity index (χ4n) is 1.18. The molecule has 1 aliphatic heterocycles. The molecule has 1 heterocycles. The van der Waals surface area contributed by atoms with E-state index in [-0.39, 0.29) is 11.7 Å². The fourth-order valence-corrected chi connectivity index (χ4v) is 1.18. The first-order valence-electron chi connectivity index (χ1n) is 3.48. The predicted molar refractivity (Wildman–Crippen MR) is 35.3 cm³/mol. The minimum atomic E-state index is -0.748. The number of ether oxygens (including phenoxy) is 1. The molecule has 1 N–H and O–H groups in total. The van der Waals surface area contributed by atoms with Crippen molar-refractivity contribution < 1.29 is 14.6 Å². The van der Waals surface area contributed by atoms with Gasteiger partial charge in [-0.15, -0.1) is 0 Å². The van der Waals surface area contributed by atoms with Crippen molar-refractivity contribution >= 4 is 5.78 Å². The maximum Gasteiger partial charge on any atom is 0.164 e. The smallest absolute Gasteiger partial charge is 0.164 e. The normalized spacial score (nSPS) is 41.9. The Bertz CT molecular complexity index is 130. The summed E-state index contributed by atoms with van der Waals surface area (Å²) in [6, 6.07) is 0. The van der Waals surface area contributed by atoms with Gasteiger partial charge in [-0.2, -0.15) is 0 Å². The van der Waals surface area contributed by atoms with Crippen molar-refractivity contribution in [3.63, 3.8) is 0 Å². The number of ketones is 1. The van der Waals surface area contributed by atoms with Gasteiger partial charge < -0.3 is 9.84 Å². The van der Waals surface area contributed by atoms with Crippen LogP contribution in [0.1, 0.15) is 20.3 Å². The Balaban J connectivity index is 2.57. The summed E-state index contributed by atoms with van der Waals surface area (Å²) in [5.74, 6) is 0.0315. The third-order valence-corrected chi connectivity index (χ3v) is 1.80. The van der Waals surface area contributed by atoms with Crippen molar-refractivity contribution in [1.29, 1.82) is 0 Å². The van der Waals surface area contributed by atoms with Gasteiger partial charge in [0, 0.05) is 12.3 Å². The molecule has 0 aliphatic carbocycles. The Hall–Kier alpha value is -0.410. The zero-order valence-electron chi connectivity index (χ0n) is 6.20. The van der Waals surface area contributed by atoms with E-state index in [1.165, 1.54) is 0 Å². The van der Waals surface area contributed by atoms with Crippen LogP contribution < -0.4 is 0 Å². The highest BCUT2D eigenvalue weighted by Gasteiger charge is 2.30. The van der Waals surface area contributed by atoms with Crippen LogP contribution in [0.5, 0.6) is 0 Å². The SMILES string of the molecule is CC1CC(O)OC(C)C1=O. The van der Waals surface area contributed by atoms with Crippen molar-refractivity contribution in [2.45, 2.75) is 32.7 Å². The minimum absolute atomic E-state index is 0.0567. The number of rotatable bonds is 0. The van der Waals surface area contributed by atoms with E-state index < -0.39 is 12.4 Å². The molecule has 0 saturated carbocycles. The first kappa shape index (κ1) is 7.69. The Morgan fingerprint density at radius 3 is 2.70 bits per heavy atom. The second-order valence-corrected chi connectivity index (χ2v) is 2.77. The van der Waals surface area contributed by atoms with Crippen LogP contribution in [0.2, 0.25) is 0 Å². The summed E-state index contributed by atoms with van der Waals surface area (Å²) >= 11 is 0. The van der Waals surface area contributed by atoms with Gasteiger partial charge in [-0.05, 0) is 6.92 Å². The summed E-state index contributed by atoms with van der Waals surface area (Å²) in [4.78, 5) is 11.0. The van der Waals surface area contributed by atoms with E-state index in [0.29, 0.717) is 6.42 Å². The van der Waals surface area contributed by atoms with Crippen LogP contribution in [0.15, 0.2) is 0 Å². The number of hydrogen-bond donors (Lipinski definition) is 1. The molecule has 0 aromatic heterocycles. The number of carbonyl (C=O) groups is 1. The molecule has 1 rings (SSSR count). The lowest BCUT2D eigenvalue weighted by atomic mass is 9.96. The number of carbonyl (C=O) groups excluding carboxylic acids is 1. The maximum atomic E-state index is 11.0. The summed E-state index contributed by atoms with van der Waals surface area (Å²) in [7, 11) is 0. The highest BCUT2D eigenvalue weighted by atomic mass is 16.6. The summed E-state index contributed by atoms with van der Waals surface area (Å²) in [5.41, 5.74) is 0. The average Bonchev–Trinajstić information content (AvgIpc) is 1.82. The molecule has 3 nitrogen and oxygen atoms in total. The van der Waals surface area contributed by atoms with Gasteiger partial charge in [0.2, 0.25) is 0 Å². The topological polar surface area (TPSA) is 46.5 Å². The van der Waals surface area contributed by atoms with E-state index in [0.717, 1.165) is 0 Å². The van der Waals surface area contributed by atoms with Crippen LogP contribution in [0.4, 0.5) is 0 Å². The molecular formula is C7H12O3. The van der Waals surface area contributed by atoms with Crippen molar-refractivity contribution in [3.8, 4) is 0 Å². The molecule has 3 atom stereocenters. The molecule has 3 unspecified atom stereocenters. The van der Waals surface area contributed by atoms with Gasteiger partial charge in [-0.25, -0.2) is 0 Å². The Labute approximate surface area is 60.0 Å². The molecule has 1 saturated heterocycles. The first-order valence-corrected chi connectivity index (χ1v) is 3.48. The third-order valence-electron chi connectivity index (χ3n) is 1.80. The van der Waals surface area contributed by atoms with Gasteiger partial charge in [0.1, 0.15) is 6.10 Å². The highest BCUT2D eigenvalue weighted by Crippen LogP contribution is 2.19. The molecule has 0 aromatic carbocycles. The van der Waals surface area contributed by atoms with Gasteiger partial charge >= 0.3 is 0 Å².